The van der Waals surface area contributed by atoms with Gasteiger partial charge >= 0.3 is 5.97 Å². The van der Waals surface area contributed by atoms with Crippen LogP contribution >= 0.6 is 0 Å². The Morgan fingerprint density at radius 3 is 2.10 bits per heavy atom. The van der Waals surface area contributed by atoms with Crippen LogP contribution in [0, 0.1) is 11.8 Å². The van der Waals surface area contributed by atoms with Crippen molar-refractivity contribution in [1.82, 2.24) is 0 Å². The topological polar surface area (TPSA) is 43.4 Å². The summed E-state index contributed by atoms with van der Waals surface area (Å²) in [5.74, 6) is 5.67. The molecule has 20 heavy (non-hydrogen) atoms. The monoisotopic (exact) mass is 278 g/mol. The SMILES string of the molecule is O=C1CCC#CCCCCCCCCCCOC(=O)C1. The van der Waals surface area contributed by atoms with E-state index in [4.69, 9.17) is 4.74 Å². The first-order valence-electron chi connectivity index (χ1n) is 7.92. The molecule has 1 rings (SSSR count). The van der Waals surface area contributed by atoms with E-state index < -0.39 is 0 Å². The normalized spacial score (nSPS) is 21.0. The highest BCUT2D eigenvalue weighted by molar-refractivity contribution is 5.95. The number of ketones is 1. The summed E-state index contributed by atoms with van der Waals surface area (Å²) in [5.41, 5.74) is 0. The molecule has 0 amide bonds. The molecule has 0 spiro atoms. The van der Waals surface area contributed by atoms with Crippen LogP contribution in [-0.4, -0.2) is 18.4 Å². The van der Waals surface area contributed by atoms with Crippen LogP contribution in [0.2, 0.25) is 0 Å². The first-order valence-corrected chi connectivity index (χ1v) is 7.92. The third-order valence-corrected chi connectivity index (χ3v) is 3.45. The maximum absolute atomic E-state index is 11.5. The Labute approximate surface area is 122 Å². The predicted octanol–water partition coefficient (Wildman–Crippen LogP) is 3.80. The lowest BCUT2D eigenvalue weighted by Crippen LogP contribution is -2.11. The highest BCUT2D eigenvalue weighted by Crippen LogP contribution is 2.10. The quantitative estimate of drug-likeness (QED) is 0.384. The van der Waals surface area contributed by atoms with Crippen LogP contribution in [0.3, 0.4) is 0 Å². The maximum Gasteiger partial charge on any atom is 0.313 e. The van der Waals surface area contributed by atoms with Gasteiger partial charge in [-0.05, 0) is 12.8 Å². The molecular weight excluding hydrogens is 252 g/mol. The van der Waals surface area contributed by atoms with Gasteiger partial charge < -0.3 is 4.74 Å². The summed E-state index contributed by atoms with van der Waals surface area (Å²) in [7, 11) is 0. The van der Waals surface area contributed by atoms with Gasteiger partial charge in [0.2, 0.25) is 0 Å². The van der Waals surface area contributed by atoms with E-state index >= 15 is 0 Å². The third kappa shape index (κ3) is 9.61. The van der Waals surface area contributed by atoms with E-state index in [1.807, 2.05) is 0 Å². The van der Waals surface area contributed by atoms with Crippen molar-refractivity contribution in [3.05, 3.63) is 0 Å². The summed E-state index contributed by atoms with van der Waals surface area (Å²) in [6, 6.07) is 0. The van der Waals surface area contributed by atoms with E-state index in [2.05, 4.69) is 11.8 Å². The highest BCUT2D eigenvalue weighted by atomic mass is 16.5. The van der Waals surface area contributed by atoms with Crippen molar-refractivity contribution < 1.29 is 14.3 Å². The number of hydrogen-bond donors (Lipinski definition) is 0. The van der Waals surface area contributed by atoms with E-state index in [1.54, 1.807) is 0 Å². The largest absolute Gasteiger partial charge is 0.465 e. The second-order valence-corrected chi connectivity index (χ2v) is 5.37. The Hall–Kier alpha value is -1.30. The van der Waals surface area contributed by atoms with Crippen LogP contribution < -0.4 is 0 Å². The lowest BCUT2D eigenvalue weighted by molar-refractivity contribution is -0.146. The minimum atomic E-state index is -0.385. The molecule has 0 fully saturated rings. The fourth-order valence-corrected chi connectivity index (χ4v) is 2.24. The molecule has 0 aromatic rings. The Bertz CT molecular complexity index is 349. The molecule has 3 nitrogen and oxygen atoms in total. The fraction of sp³-hybridized carbons (Fsp3) is 0.765. The zero-order valence-corrected chi connectivity index (χ0v) is 12.4. The van der Waals surface area contributed by atoms with Crippen molar-refractivity contribution in [2.75, 3.05) is 6.61 Å². The van der Waals surface area contributed by atoms with Gasteiger partial charge in [0.1, 0.15) is 12.2 Å². The van der Waals surface area contributed by atoms with E-state index in [0.29, 0.717) is 19.4 Å². The summed E-state index contributed by atoms with van der Waals surface area (Å²) in [5, 5.41) is 0. The first kappa shape index (κ1) is 16.8. The second kappa shape index (κ2) is 11.5. The average Bonchev–Trinajstić information content (AvgIpc) is 2.42. The number of rotatable bonds is 0. The summed E-state index contributed by atoms with van der Waals surface area (Å²) in [6.07, 6.45) is 11.2. The first-order chi connectivity index (χ1) is 9.79. The lowest BCUT2D eigenvalue weighted by Gasteiger charge is -2.05. The van der Waals surface area contributed by atoms with Crippen molar-refractivity contribution in [2.24, 2.45) is 0 Å². The molecule has 3 heteroatoms. The van der Waals surface area contributed by atoms with Gasteiger partial charge in [0.15, 0.2) is 0 Å². The summed E-state index contributed by atoms with van der Waals surface area (Å²) >= 11 is 0. The lowest BCUT2D eigenvalue weighted by atomic mass is 10.1. The number of esters is 1. The van der Waals surface area contributed by atoms with E-state index in [1.165, 1.54) is 32.1 Å². The predicted molar refractivity (Wildman–Crippen MR) is 79.1 cm³/mol. The maximum atomic E-state index is 11.5. The van der Waals surface area contributed by atoms with Crippen LogP contribution in [0.5, 0.6) is 0 Å². The Morgan fingerprint density at radius 1 is 0.750 bits per heavy atom. The molecule has 1 heterocycles. The van der Waals surface area contributed by atoms with Crippen molar-refractivity contribution in [1.29, 1.82) is 0 Å². The minimum Gasteiger partial charge on any atom is -0.465 e. The Kier molecular flexibility index (Phi) is 9.65. The molecule has 1 aliphatic heterocycles. The van der Waals surface area contributed by atoms with Gasteiger partial charge in [0.25, 0.3) is 0 Å². The zero-order valence-electron chi connectivity index (χ0n) is 12.4. The van der Waals surface area contributed by atoms with Crippen LogP contribution in [-0.2, 0) is 14.3 Å². The van der Waals surface area contributed by atoms with Crippen LogP contribution in [0.1, 0.15) is 77.0 Å². The van der Waals surface area contributed by atoms with E-state index in [9.17, 15) is 9.59 Å². The van der Waals surface area contributed by atoms with Gasteiger partial charge in [-0.15, -0.1) is 11.8 Å². The van der Waals surface area contributed by atoms with E-state index in [0.717, 1.165) is 25.7 Å². The molecule has 112 valence electrons. The van der Waals surface area contributed by atoms with Gasteiger partial charge in [-0.3, -0.25) is 9.59 Å². The van der Waals surface area contributed by atoms with Crippen molar-refractivity contribution >= 4 is 11.8 Å². The Morgan fingerprint density at radius 2 is 1.35 bits per heavy atom. The van der Waals surface area contributed by atoms with Crippen LogP contribution in [0.25, 0.3) is 0 Å². The zero-order chi connectivity index (χ0) is 14.5. The molecule has 0 aromatic carbocycles. The molecule has 0 N–H and O–H groups in total. The van der Waals surface area contributed by atoms with E-state index in [-0.39, 0.29) is 18.2 Å². The molecule has 0 saturated heterocycles. The number of cyclic esters (lactones) is 1. The second-order valence-electron chi connectivity index (χ2n) is 5.37. The summed E-state index contributed by atoms with van der Waals surface area (Å²) in [6.45, 7) is 0.450. The number of Topliss-reactive ketones (excluding diaryl/α,β-unsaturated/α-hetero) is 1. The minimum absolute atomic E-state index is 0.0644. The molecule has 0 aromatic heterocycles. The van der Waals surface area contributed by atoms with Gasteiger partial charge in [-0.1, -0.05) is 38.5 Å². The number of ether oxygens (including phenoxy) is 1. The molecule has 0 bridgehead atoms. The van der Waals surface area contributed by atoms with Crippen molar-refractivity contribution in [2.45, 2.75) is 77.0 Å². The molecule has 0 unspecified atom stereocenters. The average molecular weight is 278 g/mol. The molecule has 0 aliphatic carbocycles. The molecule has 1 aliphatic rings. The standard InChI is InChI=1S/C17H26O3/c18-16-13-11-9-7-5-3-1-2-4-6-8-10-12-14-20-17(19)15-16/h1-6,8,10-15H2. The highest BCUT2D eigenvalue weighted by Gasteiger charge is 2.09. The van der Waals surface area contributed by atoms with Crippen molar-refractivity contribution in [3.63, 3.8) is 0 Å². The molecule has 0 radical (unpaired) electrons. The van der Waals surface area contributed by atoms with Gasteiger partial charge in [-0.25, -0.2) is 0 Å². The number of carbonyl (C=O) groups is 2. The van der Waals surface area contributed by atoms with Crippen LogP contribution in [0.4, 0.5) is 0 Å². The smallest absolute Gasteiger partial charge is 0.313 e. The summed E-state index contributed by atoms with van der Waals surface area (Å²) in [4.78, 5) is 22.9. The molecular formula is C17H26O3. The van der Waals surface area contributed by atoms with Gasteiger partial charge in [0.05, 0.1) is 6.61 Å². The molecule has 0 saturated carbocycles. The van der Waals surface area contributed by atoms with Gasteiger partial charge in [0, 0.05) is 19.3 Å². The number of hydrogen-bond acceptors (Lipinski definition) is 3. The van der Waals surface area contributed by atoms with Gasteiger partial charge in [-0.2, -0.15) is 0 Å². The Balaban J connectivity index is 2.30. The summed E-state index contributed by atoms with van der Waals surface area (Å²) < 4.78 is 5.06. The number of carbonyl (C=O) groups excluding carboxylic acids is 2. The van der Waals surface area contributed by atoms with Crippen molar-refractivity contribution in [3.8, 4) is 11.8 Å². The van der Waals surface area contributed by atoms with Crippen LogP contribution in [0.15, 0.2) is 0 Å². The molecule has 0 atom stereocenters. The fourth-order valence-electron chi connectivity index (χ4n) is 2.24. The third-order valence-electron chi connectivity index (χ3n) is 3.45.